The van der Waals surface area contributed by atoms with Gasteiger partial charge in [-0.25, -0.2) is 15.1 Å². The topological polar surface area (TPSA) is 123 Å². The predicted octanol–water partition coefficient (Wildman–Crippen LogP) is 1.82. The average molecular weight is 426 g/mol. The van der Waals surface area contributed by atoms with E-state index in [1.807, 2.05) is 48.5 Å². The molecule has 2 amide bonds. The Morgan fingerprint density at radius 1 is 1.06 bits per heavy atom. The van der Waals surface area contributed by atoms with Gasteiger partial charge in [0.15, 0.2) is 6.61 Å². The second kappa shape index (κ2) is 8.75. The van der Waals surface area contributed by atoms with E-state index in [2.05, 4.69) is 15.6 Å². The number of amides is 2. The lowest BCUT2D eigenvalue weighted by atomic mass is 9.98. The highest BCUT2D eigenvalue weighted by Crippen LogP contribution is 2.44. The molecule has 1 heterocycles. The maximum absolute atomic E-state index is 12.6. The quantitative estimate of drug-likeness (QED) is 0.577. The van der Waals surface area contributed by atoms with Crippen LogP contribution in [0, 0.1) is 0 Å². The van der Waals surface area contributed by atoms with Crippen molar-refractivity contribution >= 4 is 18.0 Å². The van der Waals surface area contributed by atoms with Gasteiger partial charge in [0.2, 0.25) is 0 Å². The second-order valence-corrected chi connectivity index (χ2v) is 7.45. The van der Waals surface area contributed by atoms with Crippen LogP contribution >= 0.6 is 0 Å². The van der Waals surface area contributed by atoms with Gasteiger partial charge in [-0.15, -0.1) is 0 Å². The van der Waals surface area contributed by atoms with E-state index in [1.165, 1.54) is 0 Å². The first-order valence-electron chi connectivity index (χ1n) is 9.85. The van der Waals surface area contributed by atoms with Gasteiger partial charge >= 0.3 is 12.1 Å². The fourth-order valence-corrected chi connectivity index (χ4v) is 3.99. The Hall–Kier alpha value is -3.43. The van der Waals surface area contributed by atoms with Crippen molar-refractivity contribution in [3.8, 4) is 11.1 Å². The third-order valence-corrected chi connectivity index (χ3v) is 5.50. The molecule has 2 aliphatic rings. The van der Waals surface area contributed by atoms with Crippen LogP contribution in [0.5, 0.6) is 0 Å². The number of benzene rings is 2. The lowest BCUT2D eigenvalue weighted by Crippen LogP contribution is -2.59. The summed E-state index contributed by atoms with van der Waals surface area (Å²) in [5, 5.41) is 11.2. The Morgan fingerprint density at radius 3 is 2.29 bits per heavy atom. The summed E-state index contributed by atoms with van der Waals surface area (Å²) < 4.78 is 10.8. The van der Waals surface area contributed by atoms with Crippen LogP contribution in [0.4, 0.5) is 4.79 Å². The summed E-state index contributed by atoms with van der Waals surface area (Å²) in [6.45, 7) is -0.406. The maximum atomic E-state index is 12.6. The number of hydrogen-bond donors (Lipinski definition) is 3. The Kier molecular flexibility index (Phi) is 5.88. The van der Waals surface area contributed by atoms with Crippen LogP contribution in [-0.2, 0) is 23.9 Å². The summed E-state index contributed by atoms with van der Waals surface area (Å²) in [6.07, 6.45) is -0.555. The first-order valence-corrected chi connectivity index (χ1v) is 9.85. The predicted molar refractivity (Wildman–Crippen MR) is 108 cm³/mol. The van der Waals surface area contributed by atoms with Gasteiger partial charge in [0.25, 0.3) is 5.91 Å². The van der Waals surface area contributed by atoms with E-state index in [0.717, 1.165) is 22.3 Å². The number of ether oxygens (including phenoxy) is 2. The minimum absolute atomic E-state index is 0.0700. The van der Waals surface area contributed by atoms with Crippen LogP contribution in [0.1, 0.15) is 23.5 Å². The molecule has 1 atom stereocenters. The molecule has 1 saturated heterocycles. The van der Waals surface area contributed by atoms with Crippen LogP contribution in [0.3, 0.4) is 0 Å². The van der Waals surface area contributed by atoms with Gasteiger partial charge in [-0.3, -0.25) is 9.63 Å². The Morgan fingerprint density at radius 2 is 1.71 bits per heavy atom. The van der Waals surface area contributed by atoms with E-state index in [1.54, 1.807) is 0 Å². The molecule has 3 N–H and O–H groups in total. The number of hydroxylamine groups is 1. The first-order chi connectivity index (χ1) is 15.0. The molecule has 162 valence electrons. The maximum Gasteiger partial charge on any atom is 0.408 e. The van der Waals surface area contributed by atoms with Crippen LogP contribution < -0.4 is 10.8 Å². The van der Waals surface area contributed by atoms with E-state index in [-0.39, 0.29) is 32.2 Å². The highest BCUT2D eigenvalue weighted by atomic mass is 16.7. The number of nitrogens with one attached hydrogen (secondary N) is 2. The number of carbonyl (C=O) groups excluding carboxylic acids is 2. The van der Waals surface area contributed by atoms with Crippen molar-refractivity contribution in [2.45, 2.75) is 17.9 Å². The zero-order valence-electron chi connectivity index (χ0n) is 16.6. The van der Waals surface area contributed by atoms with Crippen molar-refractivity contribution in [3.05, 3.63) is 59.7 Å². The first kappa shape index (κ1) is 20.8. The number of fused-ring (bicyclic) bond motifs is 3. The van der Waals surface area contributed by atoms with Gasteiger partial charge in [-0.1, -0.05) is 48.5 Å². The average Bonchev–Trinajstić information content (AvgIpc) is 3.36. The van der Waals surface area contributed by atoms with Gasteiger partial charge in [-0.05, 0) is 22.3 Å². The number of carboxylic acid groups (broad SMARTS) is 1. The van der Waals surface area contributed by atoms with Crippen molar-refractivity contribution < 1.29 is 33.8 Å². The Balaban J connectivity index is 1.41. The summed E-state index contributed by atoms with van der Waals surface area (Å²) in [7, 11) is 0. The molecule has 9 nitrogen and oxygen atoms in total. The van der Waals surface area contributed by atoms with Gasteiger partial charge in [0.05, 0.1) is 6.61 Å². The third kappa shape index (κ3) is 4.23. The van der Waals surface area contributed by atoms with E-state index >= 15 is 0 Å². The molecule has 0 spiro atoms. The highest BCUT2D eigenvalue weighted by Gasteiger charge is 2.45. The van der Waals surface area contributed by atoms with Crippen molar-refractivity contribution in [1.29, 1.82) is 0 Å². The zero-order chi connectivity index (χ0) is 21.8. The molecular weight excluding hydrogens is 404 g/mol. The normalized spacial score (nSPS) is 19.4. The van der Waals surface area contributed by atoms with E-state index in [9.17, 15) is 14.4 Å². The summed E-state index contributed by atoms with van der Waals surface area (Å²) in [5.41, 5.74) is 5.05. The number of alkyl carbamates (subject to hydrolysis) is 1. The molecule has 31 heavy (non-hydrogen) atoms. The number of aliphatic carboxylic acids is 1. The number of hydrogen-bond acceptors (Lipinski definition) is 6. The smallest absolute Gasteiger partial charge is 0.408 e. The number of carboxylic acids is 1. The zero-order valence-corrected chi connectivity index (χ0v) is 16.6. The molecular formula is C22H22N2O7. The van der Waals surface area contributed by atoms with Crippen molar-refractivity contribution in [1.82, 2.24) is 10.8 Å². The van der Waals surface area contributed by atoms with Gasteiger partial charge < -0.3 is 19.9 Å². The molecule has 1 aliphatic carbocycles. The van der Waals surface area contributed by atoms with Gasteiger partial charge in [-0.2, -0.15) is 0 Å². The van der Waals surface area contributed by atoms with Crippen molar-refractivity contribution in [2.75, 3.05) is 26.4 Å². The Bertz CT molecular complexity index is 955. The lowest BCUT2D eigenvalue weighted by molar-refractivity contribution is -0.151. The van der Waals surface area contributed by atoms with Crippen molar-refractivity contribution in [2.24, 2.45) is 0 Å². The van der Waals surface area contributed by atoms with Gasteiger partial charge in [0.1, 0.15) is 12.1 Å². The minimum Gasteiger partial charge on any atom is -0.479 e. The molecule has 2 aromatic carbocycles. The summed E-state index contributed by atoms with van der Waals surface area (Å²) >= 11 is 0. The second-order valence-electron chi connectivity index (χ2n) is 7.45. The molecule has 1 unspecified atom stereocenters. The molecule has 0 radical (unpaired) electrons. The number of rotatable bonds is 7. The van der Waals surface area contributed by atoms with Crippen LogP contribution in [0.25, 0.3) is 11.1 Å². The summed E-state index contributed by atoms with van der Waals surface area (Å²) in [5.74, 6) is -2.04. The van der Waals surface area contributed by atoms with E-state index < -0.39 is 30.1 Å². The molecule has 0 saturated carbocycles. The number of carbonyl (C=O) groups is 3. The van der Waals surface area contributed by atoms with Crippen molar-refractivity contribution in [3.63, 3.8) is 0 Å². The molecule has 0 bridgehead atoms. The Labute approximate surface area is 178 Å². The van der Waals surface area contributed by atoms with E-state index in [4.69, 9.17) is 14.6 Å². The molecule has 1 fully saturated rings. The van der Waals surface area contributed by atoms with E-state index in [0.29, 0.717) is 0 Å². The monoisotopic (exact) mass is 426 g/mol. The molecule has 2 aromatic rings. The molecule has 9 heteroatoms. The lowest BCUT2D eigenvalue weighted by Gasteiger charge is -2.27. The standard InChI is InChI=1S/C22H22N2O7/c25-19(26)12-31-24-20(27)22(9-10-29-13-22)23-21(28)30-11-18-16-7-3-1-5-14(16)15-6-2-4-8-17(15)18/h1-8,18H,9-13H2,(H,23,28)(H,24,27)(H,25,26). The highest BCUT2D eigenvalue weighted by molar-refractivity contribution is 5.90. The largest absolute Gasteiger partial charge is 0.479 e. The fourth-order valence-electron chi connectivity index (χ4n) is 3.99. The molecule has 0 aromatic heterocycles. The SMILES string of the molecule is O=C(O)CONC(=O)C1(NC(=O)OCC2c3ccccc3-c3ccccc32)CCOC1. The summed E-state index contributed by atoms with van der Waals surface area (Å²) in [6, 6.07) is 16.0. The summed E-state index contributed by atoms with van der Waals surface area (Å²) in [4.78, 5) is 40.3. The fraction of sp³-hybridized carbons (Fsp3) is 0.318. The van der Waals surface area contributed by atoms with Crippen LogP contribution in [0.2, 0.25) is 0 Å². The van der Waals surface area contributed by atoms with Crippen LogP contribution in [0.15, 0.2) is 48.5 Å². The molecule has 4 rings (SSSR count). The third-order valence-electron chi connectivity index (χ3n) is 5.50. The van der Waals surface area contributed by atoms with Crippen LogP contribution in [-0.4, -0.2) is 55.0 Å². The minimum atomic E-state index is -1.39. The van der Waals surface area contributed by atoms with Gasteiger partial charge in [0, 0.05) is 18.9 Å². The molecule has 1 aliphatic heterocycles.